The summed E-state index contributed by atoms with van der Waals surface area (Å²) in [4.78, 5) is 25.5. The molecular weight excluding hydrogens is 273 g/mol. The van der Waals surface area contributed by atoms with E-state index in [1.54, 1.807) is 19.1 Å². The first kappa shape index (κ1) is 15.5. The van der Waals surface area contributed by atoms with Gasteiger partial charge in [0.2, 0.25) is 5.91 Å². The van der Waals surface area contributed by atoms with Crippen LogP contribution < -0.4 is 4.90 Å². The summed E-state index contributed by atoms with van der Waals surface area (Å²) < 4.78 is 13.3. The van der Waals surface area contributed by atoms with Gasteiger partial charge >= 0.3 is 5.97 Å². The normalized spacial score (nSPS) is 24.8. The minimum Gasteiger partial charge on any atom is -0.481 e. The highest BCUT2D eigenvalue weighted by atomic mass is 19.1. The molecule has 1 N–H and O–H groups in total. The molecule has 1 aromatic carbocycles. The number of anilines is 1. The summed E-state index contributed by atoms with van der Waals surface area (Å²) in [5.41, 5.74) is 0.478. The molecule has 0 heterocycles. The van der Waals surface area contributed by atoms with E-state index in [9.17, 15) is 19.1 Å². The Bertz CT molecular complexity index is 546. The lowest BCUT2D eigenvalue weighted by Gasteiger charge is -2.26. The van der Waals surface area contributed by atoms with Crippen LogP contribution in [-0.2, 0) is 9.59 Å². The molecule has 0 spiro atoms. The van der Waals surface area contributed by atoms with E-state index < -0.39 is 23.6 Å². The van der Waals surface area contributed by atoms with Crippen molar-refractivity contribution in [3.05, 3.63) is 30.1 Å². The molecule has 3 atom stereocenters. The summed E-state index contributed by atoms with van der Waals surface area (Å²) in [6, 6.07) is 5.83. The molecule has 1 amide bonds. The minimum atomic E-state index is -0.923. The van der Waals surface area contributed by atoms with E-state index >= 15 is 0 Å². The predicted molar refractivity (Wildman–Crippen MR) is 77.4 cm³/mol. The van der Waals surface area contributed by atoms with Crippen molar-refractivity contribution >= 4 is 17.6 Å². The van der Waals surface area contributed by atoms with Gasteiger partial charge in [0.05, 0.1) is 11.8 Å². The molecule has 1 aliphatic carbocycles. The summed E-state index contributed by atoms with van der Waals surface area (Å²) in [7, 11) is 0. The zero-order valence-electron chi connectivity index (χ0n) is 12.3. The van der Waals surface area contributed by atoms with Crippen LogP contribution in [0.1, 0.15) is 26.7 Å². The Morgan fingerprint density at radius 3 is 2.57 bits per heavy atom. The number of rotatable bonds is 4. The van der Waals surface area contributed by atoms with Crippen molar-refractivity contribution in [2.45, 2.75) is 26.7 Å². The van der Waals surface area contributed by atoms with E-state index in [2.05, 4.69) is 0 Å². The highest BCUT2D eigenvalue weighted by Gasteiger charge is 2.42. The Hall–Kier alpha value is -1.91. The van der Waals surface area contributed by atoms with Gasteiger partial charge in [-0.05, 0) is 43.9 Å². The van der Waals surface area contributed by atoms with Crippen molar-refractivity contribution in [2.24, 2.45) is 17.8 Å². The first-order chi connectivity index (χ1) is 9.93. The molecule has 1 aromatic rings. The number of benzene rings is 1. The Balaban J connectivity index is 2.26. The molecule has 21 heavy (non-hydrogen) atoms. The third-order valence-corrected chi connectivity index (χ3v) is 4.13. The third kappa shape index (κ3) is 3.23. The SMILES string of the molecule is CCN(C(=O)[C@H]1CC(C)C[C@H]1C(=O)O)c1cccc(F)c1. The molecule has 114 valence electrons. The summed E-state index contributed by atoms with van der Waals surface area (Å²) >= 11 is 0. The second-order valence-corrected chi connectivity index (χ2v) is 5.69. The summed E-state index contributed by atoms with van der Waals surface area (Å²) in [6.45, 7) is 4.15. The van der Waals surface area contributed by atoms with E-state index in [0.29, 0.717) is 25.1 Å². The molecule has 0 aromatic heterocycles. The van der Waals surface area contributed by atoms with Gasteiger partial charge in [-0.15, -0.1) is 0 Å². The highest BCUT2D eigenvalue weighted by Crippen LogP contribution is 2.38. The van der Waals surface area contributed by atoms with Crippen LogP contribution in [-0.4, -0.2) is 23.5 Å². The van der Waals surface area contributed by atoms with E-state index in [4.69, 9.17) is 0 Å². The van der Waals surface area contributed by atoms with Crippen LogP contribution >= 0.6 is 0 Å². The fourth-order valence-corrected chi connectivity index (χ4v) is 3.15. The van der Waals surface area contributed by atoms with Crippen molar-refractivity contribution in [1.29, 1.82) is 0 Å². The largest absolute Gasteiger partial charge is 0.481 e. The number of hydrogen-bond donors (Lipinski definition) is 1. The zero-order valence-corrected chi connectivity index (χ0v) is 12.3. The Morgan fingerprint density at radius 1 is 1.33 bits per heavy atom. The van der Waals surface area contributed by atoms with E-state index in [-0.39, 0.29) is 11.8 Å². The zero-order chi connectivity index (χ0) is 15.6. The molecule has 2 rings (SSSR count). The number of halogens is 1. The fraction of sp³-hybridized carbons (Fsp3) is 0.500. The number of aliphatic carboxylic acids is 1. The second kappa shape index (κ2) is 6.24. The van der Waals surface area contributed by atoms with Crippen molar-refractivity contribution in [3.8, 4) is 0 Å². The molecule has 1 aliphatic rings. The summed E-state index contributed by atoms with van der Waals surface area (Å²) in [5.74, 6) is -2.51. The van der Waals surface area contributed by atoms with Crippen molar-refractivity contribution < 1.29 is 19.1 Å². The molecule has 1 saturated carbocycles. The van der Waals surface area contributed by atoms with Crippen molar-refractivity contribution in [1.82, 2.24) is 0 Å². The molecule has 5 heteroatoms. The molecule has 0 radical (unpaired) electrons. The second-order valence-electron chi connectivity index (χ2n) is 5.69. The number of nitrogens with zero attached hydrogens (tertiary/aromatic N) is 1. The maximum atomic E-state index is 13.3. The smallest absolute Gasteiger partial charge is 0.307 e. The van der Waals surface area contributed by atoms with Gasteiger partial charge in [-0.2, -0.15) is 0 Å². The van der Waals surface area contributed by atoms with Crippen molar-refractivity contribution in [3.63, 3.8) is 0 Å². The number of carboxylic acids is 1. The molecule has 0 aliphatic heterocycles. The number of carbonyl (C=O) groups is 2. The number of carboxylic acid groups (broad SMARTS) is 1. The quantitative estimate of drug-likeness (QED) is 0.928. The lowest BCUT2D eigenvalue weighted by molar-refractivity contribution is -0.145. The van der Waals surface area contributed by atoms with E-state index in [0.717, 1.165) is 0 Å². The molecule has 1 fully saturated rings. The Labute approximate surface area is 123 Å². The van der Waals surface area contributed by atoms with Gasteiger partial charge in [0.25, 0.3) is 0 Å². The van der Waals surface area contributed by atoms with E-state index in [1.165, 1.54) is 17.0 Å². The molecule has 0 bridgehead atoms. The predicted octanol–water partition coefficient (Wildman–Crippen LogP) is 2.93. The van der Waals surface area contributed by atoms with Gasteiger partial charge in [0.15, 0.2) is 0 Å². The number of carbonyl (C=O) groups excluding carboxylic acids is 1. The summed E-state index contributed by atoms with van der Waals surface area (Å²) in [6.07, 6.45) is 1.09. The molecule has 0 saturated heterocycles. The lowest BCUT2D eigenvalue weighted by atomic mass is 9.94. The van der Waals surface area contributed by atoms with Gasteiger partial charge < -0.3 is 10.0 Å². The lowest BCUT2D eigenvalue weighted by Crippen LogP contribution is -2.39. The highest BCUT2D eigenvalue weighted by molar-refractivity contribution is 5.97. The van der Waals surface area contributed by atoms with Crippen LogP contribution in [0.4, 0.5) is 10.1 Å². The maximum absolute atomic E-state index is 13.3. The third-order valence-electron chi connectivity index (χ3n) is 4.13. The molecule has 4 nitrogen and oxygen atoms in total. The topological polar surface area (TPSA) is 57.6 Å². The summed E-state index contributed by atoms with van der Waals surface area (Å²) in [5, 5.41) is 9.29. The average molecular weight is 293 g/mol. The van der Waals surface area contributed by atoms with Crippen LogP contribution in [0.5, 0.6) is 0 Å². The van der Waals surface area contributed by atoms with Crippen molar-refractivity contribution in [2.75, 3.05) is 11.4 Å². The first-order valence-electron chi connectivity index (χ1n) is 7.23. The number of amides is 1. The molecular formula is C16H20FNO3. The number of hydrogen-bond acceptors (Lipinski definition) is 2. The van der Waals surface area contributed by atoms with Crippen LogP contribution in [0.2, 0.25) is 0 Å². The van der Waals surface area contributed by atoms with Crippen LogP contribution in [0, 0.1) is 23.6 Å². The fourth-order valence-electron chi connectivity index (χ4n) is 3.15. The first-order valence-corrected chi connectivity index (χ1v) is 7.23. The van der Waals surface area contributed by atoms with E-state index in [1.807, 2.05) is 6.92 Å². The van der Waals surface area contributed by atoms with Crippen LogP contribution in [0.15, 0.2) is 24.3 Å². The van der Waals surface area contributed by atoms with Gasteiger partial charge in [-0.1, -0.05) is 13.0 Å². The van der Waals surface area contributed by atoms with Crippen LogP contribution in [0.25, 0.3) is 0 Å². The average Bonchev–Trinajstić information content (AvgIpc) is 2.82. The Kier molecular flexibility index (Phi) is 4.60. The van der Waals surface area contributed by atoms with Gasteiger partial charge in [0, 0.05) is 12.2 Å². The minimum absolute atomic E-state index is 0.214. The van der Waals surface area contributed by atoms with Crippen LogP contribution in [0.3, 0.4) is 0 Å². The molecule has 1 unspecified atom stereocenters. The standard InChI is InChI=1S/C16H20FNO3/c1-3-18(12-6-4-5-11(17)9-12)15(19)13-7-10(2)8-14(13)16(20)21/h4-6,9-10,13-14H,3,7-8H2,1-2H3,(H,20,21)/t10?,13-,14+/m0/s1. The Morgan fingerprint density at radius 2 is 2.00 bits per heavy atom. The monoisotopic (exact) mass is 293 g/mol. The van der Waals surface area contributed by atoms with Gasteiger partial charge in [-0.25, -0.2) is 4.39 Å². The maximum Gasteiger partial charge on any atom is 0.307 e. The van der Waals surface area contributed by atoms with Gasteiger partial charge in [0.1, 0.15) is 5.82 Å². The van der Waals surface area contributed by atoms with Gasteiger partial charge in [-0.3, -0.25) is 9.59 Å².